The van der Waals surface area contributed by atoms with Crippen molar-refractivity contribution in [3.8, 4) is 0 Å². The van der Waals surface area contributed by atoms with Gasteiger partial charge in [0.1, 0.15) is 15.9 Å². The van der Waals surface area contributed by atoms with E-state index in [1.165, 1.54) is 6.07 Å². The second kappa shape index (κ2) is 7.25. The molecule has 0 unspecified atom stereocenters. The monoisotopic (exact) mass is 379 g/mol. The van der Waals surface area contributed by atoms with Crippen LogP contribution < -0.4 is 14.9 Å². The van der Waals surface area contributed by atoms with Crippen molar-refractivity contribution in [3.63, 3.8) is 0 Å². The maximum atomic E-state index is 12.5. The van der Waals surface area contributed by atoms with Crippen LogP contribution in [0, 0.1) is 0 Å². The van der Waals surface area contributed by atoms with E-state index < -0.39 is 10.0 Å². The molecule has 0 aliphatic heterocycles. The van der Waals surface area contributed by atoms with E-state index >= 15 is 0 Å². The van der Waals surface area contributed by atoms with Gasteiger partial charge in [-0.3, -0.25) is 0 Å². The Morgan fingerprint density at radius 2 is 2.04 bits per heavy atom. The Morgan fingerprint density at radius 1 is 1.20 bits per heavy atom. The first-order chi connectivity index (χ1) is 12.0. The van der Waals surface area contributed by atoms with Crippen molar-refractivity contribution in [3.05, 3.63) is 30.5 Å². The highest BCUT2D eigenvalue weighted by molar-refractivity contribution is 7.89. The van der Waals surface area contributed by atoms with Gasteiger partial charge in [0.2, 0.25) is 10.0 Å². The van der Waals surface area contributed by atoms with Crippen LogP contribution in [0.3, 0.4) is 0 Å². The number of nitrogens with zero attached hydrogens (tertiary/aromatic N) is 5. The minimum absolute atomic E-state index is 0.133. The zero-order valence-electron chi connectivity index (χ0n) is 13.7. The molecule has 0 atom stereocenters. The van der Waals surface area contributed by atoms with Crippen LogP contribution in [0.4, 0.5) is 11.5 Å². The van der Waals surface area contributed by atoms with Crippen LogP contribution >= 0.6 is 11.7 Å². The molecule has 0 spiro atoms. The predicted molar refractivity (Wildman–Crippen MR) is 97.5 cm³/mol. The summed E-state index contributed by atoms with van der Waals surface area (Å²) in [6.45, 7) is 0.570. The first-order valence-corrected chi connectivity index (χ1v) is 9.63. The fourth-order valence-corrected chi connectivity index (χ4v) is 3.94. The summed E-state index contributed by atoms with van der Waals surface area (Å²) in [6.07, 6.45) is 1.65. The van der Waals surface area contributed by atoms with Crippen LogP contribution in [0.5, 0.6) is 0 Å². The lowest BCUT2D eigenvalue weighted by Crippen LogP contribution is -2.29. The molecule has 0 fully saturated rings. The van der Waals surface area contributed by atoms with Gasteiger partial charge in [0, 0.05) is 33.3 Å². The second-order valence-electron chi connectivity index (χ2n) is 5.41. The van der Waals surface area contributed by atoms with Crippen molar-refractivity contribution in [1.82, 2.24) is 23.7 Å². The standard InChI is InChI=1S/C14H17N7O2S2/c1-21(2)10-8-13(18-16-9-10)15-6-7-17-25(22,23)12-5-3-4-11-14(12)20-24-19-11/h3-5,8-9,17H,6-7H2,1-2H3,(H,15,18). The maximum Gasteiger partial charge on any atom is 0.242 e. The van der Waals surface area contributed by atoms with E-state index in [0.29, 0.717) is 23.4 Å². The third-order valence-electron chi connectivity index (χ3n) is 3.42. The van der Waals surface area contributed by atoms with Gasteiger partial charge in [-0.25, -0.2) is 13.1 Å². The van der Waals surface area contributed by atoms with Crippen LogP contribution in [0.25, 0.3) is 11.0 Å². The molecule has 2 N–H and O–H groups in total. The summed E-state index contributed by atoms with van der Waals surface area (Å²) in [4.78, 5) is 2.04. The molecule has 2 heterocycles. The molecule has 3 aromatic rings. The van der Waals surface area contributed by atoms with E-state index in [0.717, 1.165) is 17.4 Å². The Bertz CT molecular complexity index is 972. The lowest BCUT2D eigenvalue weighted by Gasteiger charge is -2.13. The maximum absolute atomic E-state index is 12.5. The molecule has 0 radical (unpaired) electrons. The Balaban J connectivity index is 1.62. The van der Waals surface area contributed by atoms with Gasteiger partial charge in [-0.15, -0.1) is 5.10 Å². The topological polar surface area (TPSA) is 113 Å². The Labute approximate surface area is 149 Å². The molecule has 11 heteroatoms. The third-order valence-corrected chi connectivity index (χ3v) is 5.45. The van der Waals surface area contributed by atoms with Crippen molar-refractivity contribution in [2.75, 3.05) is 37.4 Å². The van der Waals surface area contributed by atoms with E-state index in [-0.39, 0.29) is 11.4 Å². The summed E-state index contributed by atoms with van der Waals surface area (Å²) in [6, 6.07) is 6.74. The summed E-state index contributed by atoms with van der Waals surface area (Å²) in [7, 11) is 0.148. The summed E-state index contributed by atoms with van der Waals surface area (Å²) in [5.41, 5.74) is 1.86. The summed E-state index contributed by atoms with van der Waals surface area (Å²) in [5.74, 6) is 0.580. The lowest BCUT2D eigenvalue weighted by atomic mass is 10.3. The molecule has 25 heavy (non-hydrogen) atoms. The molecule has 1 aromatic carbocycles. The smallest absolute Gasteiger partial charge is 0.242 e. The zero-order valence-corrected chi connectivity index (χ0v) is 15.3. The zero-order chi connectivity index (χ0) is 17.9. The number of hydrogen-bond acceptors (Lipinski definition) is 9. The molecule has 0 aliphatic carbocycles. The molecule has 3 rings (SSSR count). The van der Waals surface area contributed by atoms with Crippen molar-refractivity contribution >= 4 is 44.3 Å². The molecular formula is C14H17N7O2S2. The van der Waals surface area contributed by atoms with Crippen LogP contribution in [-0.2, 0) is 10.0 Å². The molecule has 2 aromatic heterocycles. The quantitative estimate of drug-likeness (QED) is 0.583. The summed E-state index contributed by atoms with van der Waals surface area (Å²) in [5, 5.41) is 10.9. The van der Waals surface area contributed by atoms with Gasteiger partial charge >= 0.3 is 0 Å². The summed E-state index contributed by atoms with van der Waals surface area (Å²) >= 11 is 0.989. The highest BCUT2D eigenvalue weighted by Crippen LogP contribution is 2.20. The fourth-order valence-electron chi connectivity index (χ4n) is 2.14. The van der Waals surface area contributed by atoms with Crippen molar-refractivity contribution in [2.24, 2.45) is 0 Å². The van der Waals surface area contributed by atoms with Crippen LogP contribution in [-0.4, -0.2) is 54.5 Å². The van der Waals surface area contributed by atoms with Crippen LogP contribution in [0.2, 0.25) is 0 Å². The van der Waals surface area contributed by atoms with E-state index in [4.69, 9.17) is 0 Å². The molecular weight excluding hydrogens is 362 g/mol. The third kappa shape index (κ3) is 4.00. The highest BCUT2D eigenvalue weighted by atomic mass is 32.2. The van der Waals surface area contributed by atoms with Gasteiger partial charge in [0.25, 0.3) is 0 Å². The number of fused-ring (bicyclic) bond motifs is 1. The number of aromatic nitrogens is 4. The molecule has 132 valence electrons. The Kier molecular flexibility index (Phi) is 5.06. The first kappa shape index (κ1) is 17.5. The number of benzene rings is 1. The fraction of sp³-hybridized carbons (Fsp3) is 0.286. The average Bonchev–Trinajstić information content (AvgIpc) is 3.07. The molecule has 0 aliphatic rings. The SMILES string of the molecule is CN(C)c1cnnc(NCCNS(=O)(=O)c2cccc3nsnc23)c1. The minimum atomic E-state index is -3.66. The molecule has 9 nitrogen and oxygen atoms in total. The molecule has 0 amide bonds. The van der Waals surface area contributed by atoms with Gasteiger partial charge in [-0.2, -0.15) is 13.8 Å². The number of sulfonamides is 1. The Hall–Kier alpha value is -2.37. The first-order valence-electron chi connectivity index (χ1n) is 7.42. The van der Waals surface area contributed by atoms with E-state index in [1.54, 1.807) is 18.3 Å². The van der Waals surface area contributed by atoms with Crippen LogP contribution in [0.1, 0.15) is 0 Å². The Morgan fingerprint density at radius 3 is 2.84 bits per heavy atom. The van der Waals surface area contributed by atoms with Crippen molar-refractivity contribution < 1.29 is 8.42 Å². The largest absolute Gasteiger partial charge is 0.376 e. The normalized spacial score (nSPS) is 11.6. The van der Waals surface area contributed by atoms with Crippen molar-refractivity contribution in [2.45, 2.75) is 4.90 Å². The van der Waals surface area contributed by atoms with E-state index in [9.17, 15) is 8.42 Å². The molecule has 0 saturated heterocycles. The van der Waals surface area contributed by atoms with Crippen LogP contribution in [0.15, 0.2) is 35.4 Å². The molecule has 0 bridgehead atoms. The minimum Gasteiger partial charge on any atom is -0.376 e. The van der Waals surface area contributed by atoms with Gasteiger partial charge in [0.15, 0.2) is 5.82 Å². The van der Waals surface area contributed by atoms with Crippen molar-refractivity contribution in [1.29, 1.82) is 0 Å². The van der Waals surface area contributed by atoms with Gasteiger partial charge < -0.3 is 10.2 Å². The van der Waals surface area contributed by atoms with E-state index in [1.807, 2.05) is 25.1 Å². The number of hydrogen-bond donors (Lipinski definition) is 2. The number of anilines is 2. The average molecular weight is 379 g/mol. The number of nitrogens with one attached hydrogen (secondary N) is 2. The second-order valence-corrected chi connectivity index (χ2v) is 7.67. The molecule has 0 saturated carbocycles. The predicted octanol–water partition coefficient (Wildman–Crippen LogP) is 0.938. The van der Waals surface area contributed by atoms with Gasteiger partial charge in [-0.05, 0) is 12.1 Å². The highest BCUT2D eigenvalue weighted by Gasteiger charge is 2.18. The van der Waals surface area contributed by atoms with Gasteiger partial charge in [-0.1, -0.05) is 6.07 Å². The van der Waals surface area contributed by atoms with E-state index in [2.05, 4.69) is 29.0 Å². The summed E-state index contributed by atoms with van der Waals surface area (Å²) < 4.78 is 35.6. The lowest BCUT2D eigenvalue weighted by molar-refractivity contribution is 0.583. The number of rotatable bonds is 7. The van der Waals surface area contributed by atoms with Gasteiger partial charge in [0.05, 0.1) is 23.6 Å².